The fourth-order valence-electron chi connectivity index (χ4n) is 2.34. The van der Waals surface area contributed by atoms with Gasteiger partial charge in [-0.25, -0.2) is 0 Å². The number of hydrogen-bond acceptors (Lipinski definition) is 2. The highest BCUT2D eigenvalue weighted by atomic mass is 16.5. The van der Waals surface area contributed by atoms with Crippen molar-refractivity contribution in [2.75, 3.05) is 13.2 Å². The maximum atomic E-state index is 5.95. The van der Waals surface area contributed by atoms with Gasteiger partial charge in [0, 0.05) is 6.04 Å². The van der Waals surface area contributed by atoms with Gasteiger partial charge in [0.2, 0.25) is 0 Å². The quantitative estimate of drug-likeness (QED) is 0.758. The highest BCUT2D eigenvalue weighted by Crippen LogP contribution is 2.30. The van der Waals surface area contributed by atoms with Crippen molar-refractivity contribution in [3.63, 3.8) is 0 Å². The van der Waals surface area contributed by atoms with Gasteiger partial charge in [-0.2, -0.15) is 0 Å². The summed E-state index contributed by atoms with van der Waals surface area (Å²) >= 11 is 0. The van der Waals surface area contributed by atoms with Crippen LogP contribution in [0, 0.1) is 11.8 Å². The molecule has 0 amide bonds. The molecule has 0 heterocycles. The Bertz CT molecular complexity index is 172. The largest absolute Gasteiger partial charge is 0.377 e. The maximum absolute atomic E-state index is 5.95. The van der Waals surface area contributed by atoms with E-state index in [0.717, 1.165) is 25.0 Å². The van der Waals surface area contributed by atoms with E-state index < -0.39 is 0 Å². The van der Waals surface area contributed by atoms with Gasteiger partial charge in [-0.3, -0.25) is 0 Å². The van der Waals surface area contributed by atoms with E-state index in [1.54, 1.807) is 0 Å². The molecule has 0 bridgehead atoms. The molecular weight excluding hydrogens is 186 g/mol. The molecule has 2 heteroatoms. The smallest absolute Gasteiger partial charge is 0.0620 e. The predicted molar refractivity (Wildman–Crippen MR) is 65.1 cm³/mol. The molecule has 0 aromatic carbocycles. The van der Waals surface area contributed by atoms with E-state index in [1.165, 1.54) is 19.3 Å². The Kier molecular flexibility index (Phi) is 5.62. The second-order valence-electron chi connectivity index (χ2n) is 5.18. The number of rotatable bonds is 5. The first-order chi connectivity index (χ1) is 7.13. The van der Waals surface area contributed by atoms with Gasteiger partial charge in [-0.15, -0.1) is 0 Å². The number of nitrogens with one attached hydrogen (secondary N) is 1. The molecule has 1 saturated carbocycles. The van der Waals surface area contributed by atoms with E-state index in [1.807, 2.05) is 0 Å². The molecule has 0 aromatic rings. The predicted octanol–water partition coefficient (Wildman–Crippen LogP) is 2.83. The van der Waals surface area contributed by atoms with Crippen molar-refractivity contribution >= 4 is 0 Å². The van der Waals surface area contributed by atoms with Gasteiger partial charge in [0.05, 0.1) is 12.7 Å². The summed E-state index contributed by atoms with van der Waals surface area (Å²) in [7, 11) is 0. The Morgan fingerprint density at radius 2 is 2.00 bits per heavy atom. The van der Waals surface area contributed by atoms with Crippen LogP contribution in [0.15, 0.2) is 0 Å². The molecular formula is C13H27NO. The second kappa shape index (κ2) is 6.49. The first-order valence-electron chi connectivity index (χ1n) is 6.48. The monoisotopic (exact) mass is 213 g/mol. The molecule has 1 aliphatic carbocycles. The van der Waals surface area contributed by atoms with E-state index in [0.29, 0.717) is 12.1 Å². The van der Waals surface area contributed by atoms with E-state index >= 15 is 0 Å². The lowest BCUT2D eigenvalue weighted by molar-refractivity contribution is -0.00519. The first-order valence-corrected chi connectivity index (χ1v) is 6.48. The molecule has 0 radical (unpaired) electrons. The van der Waals surface area contributed by atoms with Gasteiger partial charge in [-0.1, -0.05) is 20.8 Å². The minimum atomic E-state index is 0.490. The van der Waals surface area contributed by atoms with Crippen molar-refractivity contribution in [2.45, 2.75) is 59.1 Å². The van der Waals surface area contributed by atoms with Crippen LogP contribution in [0.3, 0.4) is 0 Å². The van der Waals surface area contributed by atoms with Gasteiger partial charge in [-0.05, 0) is 44.6 Å². The lowest BCUT2D eigenvalue weighted by Gasteiger charge is -2.32. The van der Waals surface area contributed by atoms with Crippen LogP contribution >= 0.6 is 0 Å². The van der Waals surface area contributed by atoms with Gasteiger partial charge in [0.15, 0.2) is 0 Å². The first kappa shape index (κ1) is 13.0. The molecule has 0 aliphatic heterocycles. The highest BCUT2D eigenvalue weighted by Gasteiger charge is 2.25. The Labute approximate surface area is 94.8 Å². The third-order valence-corrected chi connectivity index (χ3v) is 3.68. The fourth-order valence-corrected chi connectivity index (χ4v) is 2.34. The average molecular weight is 213 g/mol. The summed E-state index contributed by atoms with van der Waals surface area (Å²) in [4.78, 5) is 0. The molecule has 4 atom stereocenters. The van der Waals surface area contributed by atoms with Gasteiger partial charge in [0.25, 0.3) is 0 Å². The minimum Gasteiger partial charge on any atom is -0.377 e. The lowest BCUT2D eigenvalue weighted by Crippen LogP contribution is -2.34. The van der Waals surface area contributed by atoms with E-state index in [-0.39, 0.29) is 0 Å². The van der Waals surface area contributed by atoms with Crippen LogP contribution in [-0.2, 0) is 4.74 Å². The molecule has 90 valence electrons. The van der Waals surface area contributed by atoms with Crippen molar-refractivity contribution < 1.29 is 4.74 Å². The zero-order valence-electron chi connectivity index (χ0n) is 10.8. The SMILES string of the molecule is CCNC(C)COC1CCC(C)C(C)C1. The van der Waals surface area contributed by atoms with Crippen LogP contribution in [0.1, 0.15) is 47.0 Å². The van der Waals surface area contributed by atoms with Crippen molar-refractivity contribution in [3.8, 4) is 0 Å². The number of ether oxygens (including phenoxy) is 1. The van der Waals surface area contributed by atoms with Crippen molar-refractivity contribution in [2.24, 2.45) is 11.8 Å². The molecule has 1 N–H and O–H groups in total. The Hall–Kier alpha value is -0.0800. The summed E-state index contributed by atoms with van der Waals surface area (Å²) in [6.45, 7) is 10.9. The zero-order chi connectivity index (χ0) is 11.3. The molecule has 2 nitrogen and oxygen atoms in total. The maximum Gasteiger partial charge on any atom is 0.0620 e. The van der Waals surface area contributed by atoms with Gasteiger partial charge >= 0.3 is 0 Å². The van der Waals surface area contributed by atoms with Crippen LogP contribution in [0.25, 0.3) is 0 Å². The van der Waals surface area contributed by atoms with Crippen molar-refractivity contribution in [1.82, 2.24) is 5.32 Å². The fraction of sp³-hybridized carbons (Fsp3) is 1.00. The summed E-state index contributed by atoms with van der Waals surface area (Å²) in [6.07, 6.45) is 4.35. The Balaban J connectivity index is 2.16. The minimum absolute atomic E-state index is 0.490. The molecule has 0 saturated heterocycles. The molecule has 0 aromatic heterocycles. The van der Waals surface area contributed by atoms with Crippen molar-refractivity contribution in [1.29, 1.82) is 0 Å². The summed E-state index contributed by atoms with van der Waals surface area (Å²) in [5.74, 6) is 1.72. The summed E-state index contributed by atoms with van der Waals surface area (Å²) < 4.78 is 5.95. The topological polar surface area (TPSA) is 21.3 Å². The average Bonchev–Trinajstić information content (AvgIpc) is 2.20. The Morgan fingerprint density at radius 1 is 1.27 bits per heavy atom. The second-order valence-corrected chi connectivity index (χ2v) is 5.18. The summed E-state index contributed by atoms with van der Waals surface area (Å²) in [5, 5.41) is 3.38. The van der Waals surface area contributed by atoms with E-state index in [4.69, 9.17) is 4.74 Å². The normalized spacial score (nSPS) is 34.0. The molecule has 4 unspecified atom stereocenters. The van der Waals surface area contributed by atoms with Crippen LogP contribution < -0.4 is 5.32 Å². The Morgan fingerprint density at radius 3 is 2.60 bits per heavy atom. The van der Waals surface area contributed by atoms with Crippen LogP contribution in [-0.4, -0.2) is 25.3 Å². The standard InChI is InChI=1S/C13H27NO/c1-5-14-12(4)9-15-13-7-6-10(2)11(3)8-13/h10-14H,5-9H2,1-4H3. The van der Waals surface area contributed by atoms with Crippen LogP contribution in [0.4, 0.5) is 0 Å². The third kappa shape index (κ3) is 4.52. The zero-order valence-corrected chi connectivity index (χ0v) is 10.8. The van der Waals surface area contributed by atoms with Crippen LogP contribution in [0.2, 0.25) is 0 Å². The highest BCUT2D eigenvalue weighted by molar-refractivity contribution is 4.76. The molecule has 1 rings (SSSR count). The van der Waals surface area contributed by atoms with Gasteiger partial charge < -0.3 is 10.1 Å². The molecule has 1 aliphatic rings. The van der Waals surface area contributed by atoms with E-state index in [9.17, 15) is 0 Å². The lowest BCUT2D eigenvalue weighted by atomic mass is 9.80. The number of likely N-dealkylation sites (N-methyl/N-ethyl adjacent to an activating group) is 1. The van der Waals surface area contributed by atoms with Crippen molar-refractivity contribution in [3.05, 3.63) is 0 Å². The molecule has 0 spiro atoms. The van der Waals surface area contributed by atoms with E-state index in [2.05, 4.69) is 33.0 Å². The summed E-state index contributed by atoms with van der Waals surface area (Å²) in [5.41, 5.74) is 0. The molecule has 15 heavy (non-hydrogen) atoms. The molecule has 1 fully saturated rings. The third-order valence-electron chi connectivity index (χ3n) is 3.68. The summed E-state index contributed by atoms with van der Waals surface area (Å²) in [6, 6.07) is 0.490. The van der Waals surface area contributed by atoms with Crippen LogP contribution in [0.5, 0.6) is 0 Å². The van der Waals surface area contributed by atoms with Gasteiger partial charge in [0.1, 0.15) is 0 Å². The number of hydrogen-bond donors (Lipinski definition) is 1.